The number of nitrogens with one attached hydrogen (secondary N) is 1. The first-order valence-corrected chi connectivity index (χ1v) is 8.34. The molecular weight excluding hydrogens is 326 g/mol. The van der Waals surface area contributed by atoms with Crippen molar-refractivity contribution in [3.05, 3.63) is 40.5 Å². The Labute approximate surface area is 135 Å². The Kier molecular flexibility index (Phi) is 6.18. The molecule has 1 heterocycles. The molecule has 0 radical (unpaired) electrons. The Balaban J connectivity index is 2.05. The van der Waals surface area contributed by atoms with E-state index >= 15 is 0 Å². The van der Waals surface area contributed by atoms with E-state index in [-0.39, 0.29) is 0 Å². The normalized spacial score (nSPS) is 10.6. The second kappa shape index (κ2) is 8.13. The number of unbranched alkanes of at least 4 members (excludes halogenated alkanes) is 3. The van der Waals surface area contributed by atoms with Crippen LogP contribution in [0.3, 0.4) is 0 Å². The van der Waals surface area contributed by atoms with Crippen molar-refractivity contribution in [2.75, 3.05) is 11.9 Å². The average molecular weight is 348 g/mol. The molecule has 0 unspecified atom stereocenters. The molecule has 112 valence electrons. The predicted molar refractivity (Wildman–Crippen MR) is 92.5 cm³/mol. The van der Waals surface area contributed by atoms with Crippen LogP contribution >= 0.6 is 15.9 Å². The van der Waals surface area contributed by atoms with Crippen molar-refractivity contribution in [1.29, 1.82) is 0 Å². The van der Waals surface area contributed by atoms with Crippen molar-refractivity contribution in [3.63, 3.8) is 0 Å². The van der Waals surface area contributed by atoms with Crippen LogP contribution in [0.2, 0.25) is 0 Å². The van der Waals surface area contributed by atoms with Gasteiger partial charge in [0.15, 0.2) is 5.82 Å². The molecule has 3 nitrogen and oxygen atoms in total. The molecule has 0 fully saturated rings. The van der Waals surface area contributed by atoms with Gasteiger partial charge in [-0.1, -0.05) is 54.2 Å². The highest BCUT2D eigenvalue weighted by atomic mass is 79.9. The zero-order chi connectivity index (χ0) is 15.1. The Bertz CT molecular complexity index is 567. The predicted octanol–water partition coefficient (Wildman–Crippen LogP) is 5.21. The monoisotopic (exact) mass is 347 g/mol. The molecule has 0 saturated carbocycles. The van der Waals surface area contributed by atoms with E-state index in [1.54, 1.807) is 0 Å². The minimum absolute atomic E-state index is 0.776. The van der Waals surface area contributed by atoms with E-state index in [1.165, 1.54) is 25.7 Å². The quantitative estimate of drug-likeness (QED) is 0.698. The van der Waals surface area contributed by atoms with Crippen LogP contribution in [0.4, 0.5) is 5.82 Å². The van der Waals surface area contributed by atoms with Gasteiger partial charge in [-0.25, -0.2) is 9.97 Å². The van der Waals surface area contributed by atoms with Crippen molar-refractivity contribution in [1.82, 2.24) is 9.97 Å². The van der Waals surface area contributed by atoms with Crippen LogP contribution in [0.1, 0.15) is 38.3 Å². The number of aryl methyl sites for hydroxylation is 1. The summed E-state index contributed by atoms with van der Waals surface area (Å²) in [5.74, 6) is 1.69. The number of halogens is 1. The highest BCUT2D eigenvalue weighted by molar-refractivity contribution is 9.10. The molecule has 0 bridgehead atoms. The number of nitrogens with zero attached hydrogens (tertiary/aromatic N) is 2. The second-order valence-electron chi connectivity index (χ2n) is 5.21. The first-order chi connectivity index (χ1) is 10.2. The molecule has 1 N–H and O–H groups in total. The van der Waals surface area contributed by atoms with Crippen LogP contribution in [-0.2, 0) is 0 Å². The number of anilines is 1. The molecular formula is C17H22BrN3. The van der Waals surface area contributed by atoms with Gasteiger partial charge in [-0.05, 0) is 25.5 Å². The average Bonchev–Trinajstić information content (AvgIpc) is 2.47. The Hall–Kier alpha value is -1.42. The maximum absolute atomic E-state index is 4.61. The maximum atomic E-state index is 4.61. The summed E-state index contributed by atoms with van der Waals surface area (Å²) < 4.78 is 1.06. The Morgan fingerprint density at radius 3 is 2.52 bits per heavy atom. The molecule has 0 atom stereocenters. The smallest absolute Gasteiger partial charge is 0.161 e. The van der Waals surface area contributed by atoms with Crippen molar-refractivity contribution in [2.24, 2.45) is 0 Å². The molecule has 0 spiro atoms. The highest BCUT2D eigenvalue weighted by Gasteiger charge is 2.05. The highest BCUT2D eigenvalue weighted by Crippen LogP contribution is 2.20. The molecule has 1 aromatic carbocycles. The van der Waals surface area contributed by atoms with E-state index in [1.807, 2.05) is 37.3 Å². The molecule has 2 aromatic rings. The molecule has 4 heteroatoms. The Morgan fingerprint density at radius 2 is 1.81 bits per heavy atom. The zero-order valence-electron chi connectivity index (χ0n) is 12.7. The van der Waals surface area contributed by atoms with Crippen LogP contribution in [0, 0.1) is 6.92 Å². The lowest BCUT2D eigenvalue weighted by atomic mass is 10.2. The molecule has 0 aliphatic carbocycles. The van der Waals surface area contributed by atoms with E-state index < -0.39 is 0 Å². The zero-order valence-corrected chi connectivity index (χ0v) is 14.3. The van der Waals surface area contributed by atoms with Crippen LogP contribution < -0.4 is 5.32 Å². The van der Waals surface area contributed by atoms with Gasteiger partial charge >= 0.3 is 0 Å². The molecule has 0 aliphatic heterocycles. The lowest BCUT2D eigenvalue weighted by Gasteiger charge is -2.08. The van der Waals surface area contributed by atoms with Crippen molar-refractivity contribution in [2.45, 2.75) is 39.5 Å². The van der Waals surface area contributed by atoms with Crippen LogP contribution in [0.15, 0.2) is 34.8 Å². The summed E-state index contributed by atoms with van der Waals surface area (Å²) in [4.78, 5) is 9.14. The number of benzene rings is 1. The fourth-order valence-corrected chi connectivity index (χ4v) is 2.42. The third-order valence-corrected chi connectivity index (χ3v) is 3.82. The van der Waals surface area contributed by atoms with Gasteiger partial charge < -0.3 is 5.32 Å². The van der Waals surface area contributed by atoms with Crippen LogP contribution in [-0.4, -0.2) is 16.5 Å². The van der Waals surface area contributed by atoms with Crippen molar-refractivity contribution >= 4 is 21.7 Å². The van der Waals surface area contributed by atoms with E-state index in [9.17, 15) is 0 Å². The minimum Gasteiger partial charge on any atom is -0.370 e. The number of hydrogen-bond donors (Lipinski definition) is 1. The maximum Gasteiger partial charge on any atom is 0.161 e. The number of aromatic nitrogens is 2. The lowest BCUT2D eigenvalue weighted by molar-refractivity contribution is 0.684. The van der Waals surface area contributed by atoms with Gasteiger partial charge in [-0.3, -0.25) is 0 Å². The minimum atomic E-state index is 0.776. The summed E-state index contributed by atoms with van der Waals surface area (Å²) in [6, 6.07) is 10.1. The van der Waals surface area contributed by atoms with E-state index in [4.69, 9.17) is 0 Å². The fourth-order valence-electron chi connectivity index (χ4n) is 2.16. The molecule has 2 rings (SSSR count). The third-order valence-electron chi connectivity index (χ3n) is 3.29. The first-order valence-electron chi connectivity index (χ1n) is 7.54. The SMILES string of the molecule is CCCCCCNc1cc(C)nc(-c2ccc(Br)cc2)n1. The summed E-state index contributed by atoms with van der Waals surface area (Å²) in [5, 5.41) is 3.41. The second-order valence-corrected chi connectivity index (χ2v) is 6.13. The van der Waals surface area contributed by atoms with E-state index in [2.05, 4.69) is 38.1 Å². The number of hydrogen-bond acceptors (Lipinski definition) is 3. The molecule has 0 amide bonds. The molecule has 1 aromatic heterocycles. The van der Waals surface area contributed by atoms with E-state index in [0.717, 1.165) is 33.9 Å². The summed E-state index contributed by atoms with van der Waals surface area (Å²) in [7, 11) is 0. The lowest BCUT2D eigenvalue weighted by Crippen LogP contribution is -2.05. The van der Waals surface area contributed by atoms with Crippen LogP contribution in [0.25, 0.3) is 11.4 Å². The van der Waals surface area contributed by atoms with Gasteiger partial charge in [-0.2, -0.15) is 0 Å². The summed E-state index contributed by atoms with van der Waals surface area (Å²) >= 11 is 3.45. The first kappa shape index (κ1) is 16.0. The fraction of sp³-hybridized carbons (Fsp3) is 0.412. The molecule has 0 aliphatic rings. The summed E-state index contributed by atoms with van der Waals surface area (Å²) in [6.07, 6.45) is 5.02. The van der Waals surface area contributed by atoms with Gasteiger partial charge in [0.05, 0.1) is 0 Å². The standard InChI is InChI=1S/C17H22BrN3/c1-3-4-5-6-11-19-16-12-13(2)20-17(21-16)14-7-9-15(18)10-8-14/h7-10,12H,3-6,11H2,1-2H3,(H,19,20,21). The summed E-state index contributed by atoms with van der Waals surface area (Å²) in [5.41, 5.74) is 2.02. The van der Waals surface area contributed by atoms with Gasteiger partial charge in [-0.15, -0.1) is 0 Å². The third kappa shape index (κ3) is 5.12. The Morgan fingerprint density at radius 1 is 1.05 bits per heavy atom. The van der Waals surface area contributed by atoms with Gasteiger partial charge in [0.25, 0.3) is 0 Å². The number of rotatable bonds is 7. The van der Waals surface area contributed by atoms with Gasteiger partial charge in [0.1, 0.15) is 5.82 Å². The van der Waals surface area contributed by atoms with Gasteiger partial charge in [0, 0.05) is 28.3 Å². The van der Waals surface area contributed by atoms with E-state index in [0.29, 0.717) is 0 Å². The molecule has 21 heavy (non-hydrogen) atoms. The van der Waals surface area contributed by atoms with Crippen molar-refractivity contribution in [3.8, 4) is 11.4 Å². The van der Waals surface area contributed by atoms with Crippen molar-refractivity contribution < 1.29 is 0 Å². The van der Waals surface area contributed by atoms with Crippen LogP contribution in [0.5, 0.6) is 0 Å². The topological polar surface area (TPSA) is 37.8 Å². The molecule has 0 saturated heterocycles. The largest absolute Gasteiger partial charge is 0.370 e. The summed E-state index contributed by atoms with van der Waals surface area (Å²) in [6.45, 7) is 5.20. The van der Waals surface area contributed by atoms with Gasteiger partial charge in [0.2, 0.25) is 0 Å².